The first-order valence-corrected chi connectivity index (χ1v) is 7.06. The Morgan fingerprint density at radius 2 is 1.79 bits per heavy atom. The standard InChI is InChI=1S/C14H28N4O/c1-12-14(13(2)18(3)17-12)6-5-7-15-8-9-16-10-11-19-4/h15-16H,5-11H2,1-4H3. The van der Waals surface area contributed by atoms with Crippen molar-refractivity contribution >= 4 is 0 Å². The van der Waals surface area contributed by atoms with Crippen LogP contribution >= 0.6 is 0 Å². The number of nitrogens with one attached hydrogen (secondary N) is 2. The first kappa shape index (κ1) is 16.1. The van der Waals surface area contributed by atoms with Gasteiger partial charge in [-0.2, -0.15) is 5.10 Å². The molecule has 0 unspecified atom stereocenters. The number of nitrogens with zero attached hydrogens (tertiary/aromatic N) is 2. The van der Waals surface area contributed by atoms with Crippen LogP contribution in [0.2, 0.25) is 0 Å². The Balaban J connectivity index is 2.05. The molecule has 0 fully saturated rings. The highest BCUT2D eigenvalue weighted by Crippen LogP contribution is 2.13. The number of hydrogen-bond donors (Lipinski definition) is 2. The predicted molar refractivity (Wildman–Crippen MR) is 78.6 cm³/mol. The average molecular weight is 268 g/mol. The highest BCUT2D eigenvalue weighted by molar-refractivity contribution is 5.24. The summed E-state index contributed by atoms with van der Waals surface area (Å²) in [6.45, 7) is 8.99. The van der Waals surface area contributed by atoms with Crippen LogP contribution in [0.1, 0.15) is 23.4 Å². The van der Waals surface area contributed by atoms with Crippen LogP contribution in [-0.4, -0.2) is 49.7 Å². The molecule has 0 saturated carbocycles. The van der Waals surface area contributed by atoms with E-state index < -0.39 is 0 Å². The van der Waals surface area contributed by atoms with Crippen molar-refractivity contribution in [2.24, 2.45) is 7.05 Å². The summed E-state index contributed by atoms with van der Waals surface area (Å²) in [5, 5.41) is 11.2. The van der Waals surface area contributed by atoms with E-state index in [0.717, 1.165) is 45.6 Å². The molecule has 1 aromatic heterocycles. The molecule has 19 heavy (non-hydrogen) atoms. The third-order valence-electron chi connectivity index (χ3n) is 3.40. The third kappa shape index (κ3) is 5.72. The summed E-state index contributed by atoms with van der Waals surface area (Å²) >= 11 is 0. The molecule has 110 valence electrons. The van der Waals surface area contributed by atoms with E-state index in [2.05, 4.69) is 29.6 Å². The van der Waals surface area contributed by atoms with Crippen LogP contribution in [0.4, 0.5) is 0 Å². The molecule has 0 bridgehead atoms. The molecule has 5 heteroatoms. The van der Waals surface area contributed by atoms with Gasteiger partial charge in [-0.3, -0.25) is 4.68 Å². The fraction of sp³-hybridized carbons (Fsp3) is 0.786. The fourth-order valence-electron chi connectivity index (χ4n) is 2.17. The topological polar surface area (TPSA) is 51.1 Å². The number of aryl methyl sites for hydroxylation is 2. The van der Waals surface area contributed by atoms with Crippen LogP contribution in [-0.2, 0) is 18.2 Å². The van der Waals surface area contributed by atoms with Crippen molar-refractivity contribution < 1.29 is 4.74 Å². The molecule has 0 aliphatic carbocycles. The highest BCUT2D eigenvalue weighted by atomic mass is 16.5. The van der Waals surface area contributed by atoms with Gasteiger partial charge in [-0.25, -0.2) is 0 Å². The van der Waals surface area contributed by atoms with E-state index in [1.54, 1.807) is 7.11 Å². The molecule has 0 radical (unpaired) electrons. The highest BCUT2D eigenvalue weighted by Gasteiger charge is 2.07. The molecule has 0 amide bonds. The Hall–Kier alpha value is -0.910. The molecule has 5 nitrogen and oxygen atoms in total. The monoisotopic (exact) mass is 268 g/mol. The van der Waals surface area contributed by atoms with E-state index in [4.69, 9.17) is 4.74 Å². The number of rotatable bonds is 10. The zero-order valence-electron chi connectivity index (χ0n) is 12.8. The van der Waals surface area contributed by atoms with Crippen molar-refractivity contribution in [1.29, 1.82) is 0 Å². The quantitative estimate of drug-likeness (QED) is 0.616. The van der Waals surface area contributed by atoms with Gasteiger partial charge in [0, 0.05) is 39.5 Å². The second kappa shape index (κ2) is 9.07. The van der Waals surface area contributed by atoms with Crippen LogP contribution in [0.15, 0.2) is 0 Å². The first-order chi connectivity index (χ1) is 9.16. The van der Waals surface area contributed by atoms with Crippen molar-refractivity contribution in [3.05, 3.63) is 17.0 Å². The Kier molecular flexibility index (Phi) is 7.70. The van der Waals surface area contributed by atoms with Crippen LogP contribution in [0.3, 0.4) is 0 Å². The molecule has 0 aromatic carbocycles. The van der Waals surface area contributed by atoms with Gasteiger partial charge in [0.2, 0.25) is 0 Å². The van der Waals surface area contributed by atoms with E-state index in [0.29, 0.717) is 0 Å². The molecular weight excluding hydrogens is 240 g/mol. The summed E-state index contributed by atoms with van der Waals surface area (Å²) < 4.78 is 6.94. The Morgan fingerprint density at radius 3 is 2.37 bits per heavy atom. The summed E-state index contributed by atoms with van der Waals surface area (Å²) in [4.78, 5) is 0. The summed E-state index contributed by atoms with van der Waals surface area (Å²) in [7, 11) is 3.73. The number of ether oxygens (including phenoxy) is 1. The molecule has 0 spiro atoms. The maximum absolute atomic E-state index is 4.97. The summed E-state index contributed by atoms with van der Waals surface area (Å²) in [6.07, 6.45) is 2.26. The summed E-state index contributed by atoms with van der Waals surface area (Å²) in [6, 6.07) is 0. The lowest BCUT2D eigenvalue weighted by molar-refractivity contribution is 0.199. The summed E-state index contributed by atoms with van der Waals surface area (Å²) in [5.74, 6) is 0. The maximum atomic E-state index is 4.97. The lowest BCUT2D eigenvalue weighted by atomic mass is 10.1. The second-order valence-corrected chi connectivity index (χ2v) is 4.87. The molecule has 0 saturated heterocycles. The Morgan fingerprint density at radius 1 is 1.11 bits per heavy atom. The lowest BCUT2D eigenvalue weighted by Gasteiger charge is -2.06. The van der Waals surface area contributed by atoms with Gasteiger partial charge in [-0.1, -0.05) is 0 Å². The van der Waals surface area contributed by atoms with Crippen LogP contribution in [0.5, 0.6) is 0 Å². The van der Waals surface area contributed by atoms with Gasteiger partial charge in [-0.15, -0.1) is 0 Å². The zero-order chi connectivity index (χ0) is 14.1. The van der Waals surface area contributed by atoms with E-state index in [1.807, 2.05) is 11.7 Å². The van der Waals surface area contributed by atoms with E-state index in [1.165, 1.54) is 17.0 Å². The van der Waals surface area contributed by atoms with Crippen molar-refractivity contribution in [2.45, 2.75) is 26.7 Å². The molecule has 1 aromatic rings. The maximum Gasteiger partial charge on any atom is 0.0628 e. The van der Waals surface area contributed by atoms with Crippen LogP contribution in [0.25, 0.3) is 0 Å². The molecule has 1 rings (SSSR count). The molecule has 0 aliphatic heterocycles. The van der Waals surface area contributed by atoms with E-state index in [-0.39, 0.29) is 0 Å². The van der Waals surface area contributed by atoms with Gasteiger partial charge in [-0.05, 0) is 38.8 Å². The van der Waals surface area contributed by atoms with E-state index in [9.17, 15) is 0 Å². The van der Waals surface area contributed by atoms with E-state index >= 15 is 0 Å². The minimum absolute atomic E-state index is 0.777. The van der Waals surface area contributed by atoms with Gasteiger partial charge in [0.1, 0.15) is 0 Å². The third-order valence-corrected chi connectivity index (χ3v) is 3.40. The first-order valence-electron chi connectivity index (χ1n) is 7.06. The molecule has 0 atom stereocenters. The molecule has 0 aliphatic rings. The lowest BCUT2D eigenvalue weighted by Crippen LogP contribution is -2.30. The number of hydrogen-bond acceptors (Lipinski definition) is 4. The summed E-state index contributed by atoms with van der Waals surface area (Å²) in [5.41, 5.74) is 3.86. The smallest absolute Gasteiger partial charge is 0.0628 e. The SMILES string of the molecule is COCCNCCNCCCc1c(C)nn(C)c1C. The van der Waals surface area contributed by atoms with Gasteiger partial charge < -0.3 is 15.4 Å². The zero-order valence-corrected chi connectivity index (χ0v) is 12.8. The minimum Gasteiger partial charge on any atom is -0.383 e. The molecular formula is C14H28N4O. The van der Waals surface area contributed by atoms with Gasteiger partial charge in [0.25, 0.3) is 0 Å². The molecule has 2 N–H and O–H groups in total. The van der Waals surface area contributed by atoms with Crippen molar-refractivity contribution in [3.63, 3.8) is 0 Å². The average Bonchev–Trinajstić information content (AvgIpc) is 2.63. The predicted octanol–water partition coefficient (Wildman–Crippen LogP) is 0.795. The van der Waals surface area contributed by atoms with Gasteiger partial charge in [0.15, 0.2) is 0 Å². The number of methoxy groups -OCH3 is 1. The van der Waals surface area contributed by atoms with Crippen molar-refractivity contribution in [1.82, 2.24) is 20.4 Å². The Labute approximate surface area is 116 Å². The van der Waals surface area contributed by atoms with Crippen molar-refractivity contribution in [3.8, 4) is 0 Å². The second-order valence-electron chi connectivity index (χ2n) is 4.87. The minimum atomic E-state index is 0.777. The normalized spacial score (nSPS) is 11.2. The fourth-order valence-corrected chi connectivity index (χ4v) is 2.17. The van der Waals surface area contributed by atoms with Crippen molar-refractivity contribution in [2.75, 3.05) is 39.9 Å². The number of aromatic nitrogens is 2. The van der Waals surface area contributed by atoms with Crippen LogP contribution < -0.4 is 10.6 Å². The van der Waals surface area contributed by atoms with Crippen LogP contribution in [0, 0.1) is 13.8 Å². The van der Waals surface area contributed by atoms with Gasteiger partial charge in [0.05, 0.1) is 12.3 Å². The Bertz CT molecular complexity index is 363. The van der Waals surface area contributed by atoms with Gasteiger partial charge >= 0.3 is 0 Å². The molecule has 1 heterocycles. The largest absolute Gasteiger partial charge is 0.383 e.